The molecule has 2 heterocycles. The number of rotatable bonds is 2. The Labute approximate surface area is 93.8 Å². The fourth-order valence-corrected chi connectivity index (χ4v) is 3.25. The predicted molar refractivity (Wildman–Crippen MR) is 63.6 cm³/mol. The van der Waals surface area contributed by atoms with Crippen LogP contribution in [0, 0.1) is 11.8 Å². The van der Waals surface area contributed by atoms with Gasteiger partial charge >= 0.3 is 0 Å². The first-order valence-corrected chi connectivity index (χ1v) is 6.35. The van der Waals surface area contributed by atoms with Crippen molar-refractivity contribution in [2.24, 2.45) is 11.8 Å². The molecule has 2 aliphatic rings. The Balaban J connectivity index is 1.88. The van der Waals surface area contributed by atoms with Gasteiger partial charge in [0.1, 0.15) is 0 Å². The van der Waals surface area contributed by atoms with Crippen molar-refractivity contribution in [2.45, 2.75) is 32.7 Å². The second-order valence-corrected chi connectivity index (χ2v) is 5.51. The molecule has 0 amide bonds. The van der Waals surface area contributed by atoms with Crippen LogP contribution >= 0.6 is 0 Å². The molecule has 1 N–H and O–H groups in total. The molecule has 2 rings (SSSR count). The maximum atomic E-state index is 3.26. The van der Waals surface area contributed by atoms with Crippen LogP contribution in [0.2, 0.25) is 0 Å². The summed E-state index contributed by atoms with van der Waals surface area (Å²) >= 11 is 0. The minimum Gasteiger partial charge on any atom is -0.298 e. The predicted octanol–water partition coefficient (Wildman–Crippen LogP) is 1.17. The Morgan fingerprint density at radius 3 is 2.27 bits per heavy atom. The lowest BCUT2D eigenvalue weighted by molar-refractivity contribution is 0.0941. The highest BCUT2D eigenvalue weighted by molar-refractivity contribution is 4.86. The molecular formula is C12H25N3. The Morgan fingerprint density at radius 2 is 1.73 bits per heavy atom. The summed E-state index contributed by atoms with van der Waals surface area (Å²) in [6.45, 7) is 9.83. The van der Waals surface area contributed by atoms with Crippen molar-refractivity contribution in [3.05, 3.63) is 0 Å². The van der Waals surface area contributed by atoms with Gasteiger partial charge in [0.15, 0.2) is 0 Å². The number of nitrogens with zero attached hydrogens (tertiary/aromatic N) is 2. The SMILES string of the molecule is CNN1CCC(N2CC(C)CC(C)C2)C1. The molecule has 0 aromatic heterocycles. The van der Waals surface area contributed by atoms with Gasteiger partial charge in [0, 0.05) is 32.2 Å². The highest BCUT2D eigenvalue weighted by Crippen LogP contribution is 2.25. The van der Waals surface area contributed by atoms with Gasteiger partial charge in [-0.15, -0.1) is 0 Å². The number of hydrogen-bond acceptors (Lipinski definition) is 3. The average molecular weight is 211 g/mol. The van der Waals surface area contributed by atoms with Crippen molar-refractivity contribution in [3.63, 3.8) is 0 Å². The molecule has 88 valence electrons. The summed E-state index contributed by atoms with van der Waals surface area (Å²) in [4.78, 5) is 2.72. The summed E-state index contributed by atoms with van der Waals surface area (Å²) in [5, 5.41) is 2.34. The van der Waals surface area contributed by atoms with Gasteiger partial charge in [-0.1, -0.05) is 13.8 Å². The van der Waals surface area contributed by atoms with E-state index < -0.39 is 0 Å². The molecule has 2 saturated heterocycles. The molecule has 0 bridgehead atoms. The van der Waals surface area contributed by atoms with Gasteiger partial charge in [0.25, 0.3) is 0 Å². The van der Waals surface area contributed by atoms with Gasteiger partial charge in [0.2, 0.25) is 0 Å². The Bertz CT molecular complexity index is 197. The molecule has 0 saturated carbocycles. The van der Waals surface area contributed by atoms with E-state index in [0.29, 0.717) is 0 Å². The maximum Gasteiger partial charge on any atom is 0.0287 e. The summed E-state index contributed by atoms with van der Waals surface area (Å²) in [6, 6.07) is 0.794. The Hall–Kier alpha value is -0.120. The quantitative estimate of drug-likeness (QED) is 0.740. The summed E-state index contributed by atoms with van der Waals surface area (Å²) < 4.78 is 0. The highest BCUT2D eigenvalue weighted by atomic mass is 15.5. The van der Waals surface area contributed by atoms with E-state index in [9.17, 15) is 0 Å². The number of hydrazine groups is 1. The molecule has 0 spiro atoms. The van der Waals surface area contributed by atoms with Gasteiger partial charge in [-0.2, -0.15) is 0 Å². The first kappa shape index (κ1) is 11.4. The third-order valence-electron chi connectivity index (χ3n) is 3.89. The van der Waals surface area contributed by atoms with Crippen LogP contribution in [0.15, 0.2) is 0 Å². The smallest absolute Gasteiger partial charge is 0.0287 e. The Morgan fingerprint density at radius 1 is 1.07 bits per heavy atom. The number of hydrogen-bond donors (Lipinski definition) is 1. The molecule has 0 aliphatic carbocycles. The summed E-state index contributed by atoms with van der Waals surface area (Å²) in [5.41, 5.74) is 3.26. The zero-order valence-electron chi connectivity index (χ0n) is 10.4. The lowest BCUT2D eigenvalue weighted by Gasteiger charge is -2.38. The molecule has 3 atom stereocenters. The molecule has 2 fully saturated rings. The van der Waals surface area contributed by atoms with Gasteiger partial charge in [-0.05, 0) is 31.7 Å². The average Bonchev–Trinajstić information content (AvgIpc) is 2.64. The van der Waals surface area contributed by atoms with E-state index in [1.807, 2.05) is 7.05 Å². The maximum absolute atomic E-state index is 3.26. The molecular weight excluding hydrogens is 186 g/mol. The largest absolute Gasteiger partial charge is 0.298 e. The minimum absolute atomic E-state index is 0.794. The van der Waals surface area contributed by atoms with Crippen LogP contribution in [0.5, 0.6) is 0 Å². The summed E-state index contributed by atoms with van der Waals surface area (Å²) in [6.07, 6.45) is 2.75. The van der Waals surface area contributed by atoms with E-state index in [-0.39, 0.29) is 0 Å². The van der Waals surface area contributed by atoms with E-state index in [2.05, 4.69) is 29.2 Å². The third kappa shape index (κ3) is 2.71. The van der Waals surface area contributed by atoms with Crippen LogP contribution in [0.1, 0.15) is 26.7 Å². The van der Waals surface area contributed by atoms with E-state index in [0.717, 1.165) is 17.9 Å². The number of piperidine rings is 1. The standard InChI is InChI=1S/C12H25N3/c1-10-6-11(2)8-14(7-10)12-4-5-15(9-12)13-3/h10-13H,4-9H2,1-3H3. The van der Waals surface area contributed by atoms with Crippen LogP contribution in [-0.4, -0.2) is 49.2 Å². The number of nitrogens with one attached hydrogen (secondary N) is 1. The zero-order chi connectivity index (χ0) is 10.8. The van der Waals surface area contributed by atoms with E-state index in [4.69, 9.17) is 0 Å². The molecule has 3 unspecified atom stereocenters. The Kier molecular flexibility index (Phi) is 3.65. The van der Waals surface area contributed by atoms with Gasteiger partial charge < -0.3 is 0 Å². The third-order valence-corrected chi connectivity index (χ3v) is 3.89. The minimum atomic E-state index is 0.794. The fourth-order valence-electron chi connectivity index (χ4n) is 3.25. The topological polar surface area (TPSA) is 18.5 Å². The fraction of sp³-hybridized carbons (Fsp3) is 1.00. The van der Waals surface area contributed by atoms with Crippen LogP contribution in [-0.2, 0) is 0 Å². The van der Waals surface area contributed by atoms with Crippen molar-refractivity contribution in [2.75, 3.05) is 33.2 Å². The second-order valence-electron chi connectivity index (χ2n) is 5.51. The van der Waals surface area contributed by atoms with Gasteiger partial charge in [-0.3, -0.25) is 10.3 Å². The highest BCUT2D eigenvalue weighted by Gasteiger charge is 2.31. The second kappa shape index (κ2) is 4.81. The normalized spacial score (nSPS) is 39.8. The van der Waals surface area contributed by atoms with E-state index >= 15 is 0 Å². The summed E-state index contributed by atoms with van der Waals surface area (Å²) in [7, 11) is 2.03. The lowest BCUT2D eigenvalue weighted by Crippen LogP contribution is -2.47. The van der Waals surface area contributed by atoms with Crippen LogP contribution < -0.4 is 5.43 Å². The number of likely N-dealkylation sites (tertiary alicyclic amines) is 1. The lowest BCUT2D eigenvalue weighted by atomic mass is 9.91. The molecule has 2 aliphatic heterocycles. The van der Waals surface area contributed by atoms with Gasteiger partial charge in [0.05, 0.1) is 0 Å². The first-order valence-electron chi connectivity index (χ1n) is 6.35. The van der Waals surface area contributed by atoms with Crippen molar-refractivity contribution >= 4 is 0 Å². The first-order chi connectivity index (χ1) is 7.19. The van der Waals surface area contributed by atoms with Crippen molar-refractivity contribution in [1.82, 2.24) is 15.3 Å². The van der Waals surface area contributed by atoms with Crippen LogP contribution in [0.4, 0.5) is 0 Å². The van der Waals surface area contributed by atoms with Crippen LogP contribution in [0.25, 0.3) is 0 Å². The summed E-state index contributed by atoms with van der Waals surface area (Å²) in [5.74, 6) is 1.77. The van der Waals surface area contributed by atoms with Crippen molar-refractivity contribution in [1.29, 1.82) is 0 Å². The molecule has 15 heavy (non-hydrogen) atoms. The van der Waals surface area contributed by atoms with E-state index in [1.54, 1.807) is 0 Å². The molecule has 0 aromatic rings. The molecule has 0 aromatic carbocycles. The van der Waals surface area contributed by atoms with Crippen molar-refractivity contribution in [3.8, 4) is 0 Å². The zero-order valence-corrected chi connectivity index (χ0v) is 10.4. The molecule has 3 nitrogen and oxygen atoms in total. The van der Waals surface area contributed by atoms with E-state index in [1.165, 1.54) is 39.0 Å². The van der Waals surface area contributed by atoms with Crippen LogP contribution in [0.3, 0.4) is 0 Å². The van der Waals surface area contributed by atoms with Crippen molar-refractivity contribution < 1.29 is 0 Å². The van der Waals surface area contributed by atoms with Gasteiger partial charge in [-0.25, -0.2) is 5.01 Å². The monoisotopic (exact) mass is 211 g/mol. The molecule has 3 heteroatoms. The molecule has 0 radical (unpaired) electrons.